The molecule has 1 aliphatic heterocycles. The van der Waals surface area contributed by atoms with E-state index in [0.29, 0.717) is 4.99 Å². The van der Waals surface area contributed by atoms with Crippen LogP contribution in [-0.4, -0.2) is 15.0 Å². The molecule has 0 unspecified atom stereocenters. The Morgan fingerprint density at radius 3 is 2.94 bits per heavy atom. The summed E-state index contributed by atoms with van der Waals surface area (Å²) < 4.78 is 0. The van der Waals surface area contributed by atoms with Gasteiger partial charge in [-0.15, -0.1) is 0 Å². The Kier molecular flexibility index (Phi) is 2.45. The molecule has 3 N–H and O–H groups in total. The predicted octanol–water partition coefficient (Wildman–Crippen LogP) is 2.32. The topological polar surface area (TPSA) is 63.8 Å². The van der Waals surface area contributed by atoms with E-state index in [2.05, 4.69) is 15.3 Å². The highest BCUT2D eigenvalue weighted by molar-refractivity contribution is 7.99. The average Bonchev–Trinajstić information content (AvgIpc) is 2.35. The third-order valence-electron chi connectivity index (χ3n) is 2.39. The van der Waals surface area contributed by atoms with Crippen LogP contribution >= 0.6 is 24.0 Å². The van der Waals surface area contributed by atoms with Gasteiger partial charge in [-0.2, -0.15) is 0 Å². The predicted molar refractivity (Wildman–Crippen MR) is 71.8 cm³/mol. The van der Waals surface area contributed by atoms with Gasteiger partial charge in [-0.05, 0) is 12.1 Å². The number of benzene rings is 1. The molecule has 3 rings (SSSR count). The zero-order valence-corrected chi connectivity index (χ0v) is 10.3. The van der Waals surface area contributed by atoms with E-state index in [1.807, 2.05) is 18.2 Å². The van der Waals surface area contributed by atoms with Gasteiger partial charge >= 0.3 is 0 Å². The van der Waals surface area contributed by atoms with Crippen molar-refractivity contribution in [2.24, 2.45) is 5.73 Å². The van der Waals surface area contributed by atoms with Crippen molar-refractivity contribution in [1.82, 2.24) is 9.97 Å². The molecule has 1 aromatic carbocycles. The van der Waals surface area contributed by atoms with Gasteiger partial charge in [0.05, 0.1) is 5.69 Å². The number of hydrogen-bond acceptors (Lipinski definition) is 5. The molecule has 4 nitrogen and oxygen atoms in total. The van der Waals surface area contributed by atoms with Gasteiger partial charge < -0.3 is 11.1 Å². The van der Waals surface area contributed by atoms with Crippen LogP contribution in [0.1, 0.15) is 5.56 Å². The SMILES string of the molecule is NC(=S)c1ccc2c(c1)Nc1nccnc1S2. The Balaban J connectivity index is 2.06. The lowest BCUT2D eigenvalue weighted by atomic mass is 10.2. The van der Waals surface area contributed by atoms with E-state index in [9.17, 15) is 0 Å². The van der Waals surface area contributed by atoms with Crippen molar-refractivity contribution >= 4 is 40.5 Å². The number of nitrogens with zero attached hydrogens (tertiary/aromatic N) is 2. The summed E-state index contributed by atoms with van der Waals surface area (Å²) in [6, 6.07) is 5.83. The van der Waals surface area contributed by atoms with Crippen molar-refractivity contribution in [1.29, 1.82) is 0 Å². The third-order valence-corrected chi connectivity index (χ3v) is 3.69. The summed E-state index contributed by atoms with van der Waals surface area (Å²) in [5.74, 6) is 0.769. The van der Waals surface area contributed by atoms with E-state index in [4.69, 9.17) is 18.0 Å². The van der Waals surface area contributed by atoms with Crippen LogP contribution in [0, 0.1) is 0 Å². The van der Waals surface area contributed by atoms with E-state index in [1.165, 1.54) is 0 Å². The fourth-order valence-electron chi connectivity index (χ4n) is 1.59. The van der Waals surface area contributed by atoms with E-state index in [1.54, 1.807) is 24.2 Å². The molecule has 6 heteroatoms. The van der Waals surface area contributed by atoms with Crippen LogP contribution in [0.3, 0.4) is 0 Å². The van der Waals surface area contributed by atoms with Crippen LogP contribution in [0.15, 0.2) is 40.5 Å². The summed E-state index contributed by atoms with van der Waals surface area (Å²) in [6.07, 6.45) is 3.34. The highest BCUT2D eigenvalue weighted by Crippen LogP contribution is 2.41. The molecule has 0 bridgehead atoms. The Labute approximate surface area is 108 Å². The summed E-state index contributed by atoms with van der Waals surface area (Å²) >= 11 is 6.54. The van der Waals surface area contributed by atoms with Gasteiger partial charge in [0.15, 0.2) is 5.82 Å². The van der Waals surface area contributed by atoms with E-state index in [0.717, 1.165) is 27.0 Å². The van der Waals surface area contributed by atoms with Gasteiger partial charge in [-0.3, -0.25) is 0 Å². The second-order valence-corrected chi connectivity index (χ2v) is 4.98. The number of nitrogens with one attached hydrogen (secondary N) is 1. The molecule has 0 amide bonds. The molecule has 84 valence electrons. The van der Waals surface area contributed by atoms with Crippen molar-refractivity contribution in [3.8, 4) is 0 Å². The van der Waals surface area contributed by atoms with Crippen LogP contribution in [0.25, 0.3) is 0 Å². The minimum Gasteiger partial charge on any atom is -0.389 e. The van der Waals surface area contributed by atoms with E-state index >= 15 is 0 Å². The average molecular weight is 260 g/mol. The summed E-state index contributed by atoms with van der Waals surface area (Å²) in [7, 11) is 0. The van der Waals surface area contributed by atoms with Crippen molar-refractivity contribution in [2.45, 2.75) is 9.92 Å². The van der Waals surface area contributed by atoms with E-state index in [-0.39, 0.29) is 0 Å². The number of nitrogens with two attached hydrogens (primary N) is 1. The number of rotatable bonds is 1. The minimum atomic E-state index is 0.393. The van der Waals surface area contributed by atoms with E-state index < -0.39 is 0 Å². The Morgan fingerprint density at radius 2 is 2.12 bits per heavy atom. The van der Waals surface area contributed by atoms with Crippen LogP contribution in [0.5, 0.6) is 0 Å². The molecule has 0 aliphatic carbocycles. The largest absolute Gasteiger partial charge is 0.389 e. The summed E-state index contributed by atoms with van der Waals surface area (Å²) in [5.41, 5.74) is 7.42. The fourth-order valence-corrected chi connectivity index (χ4v) is 2.59. The molecular weight excluding hydrogens is 252 g/mol. The van der Waals surface area contributed by atoms with Crippen molar-refractivity contribution < 1.29 is 0 Å². The number of aromatic nitrogens is 2. The molecular formula is C11H8N4S2. The first kappa shape index (κ1) is 10.5. The van der Waals surface area contributed by atoms with Crippen LogP contribution in [0.2, 0.25) is 0 Å². The molecule has 1 aromatic heterocycles. The first-order chi connectivity index (χ1) is 8.24. The molecule has 2 aromatic rings. The number of fused-ring (bicyclic) bond motifs is 2. The molecule has 0 radical (unpaired) electrons. The summed E-state index contributed by atoms with van der Waals surface area (Å²) in [6.45, 7) is 0. The highest BCUT2D eigenvalue weighted by atomic mass is 32.2. The maximum atomic E-state index is 5.61. The summed E-state index contributed by atoms with van der Waals surface area (Å²) in [4.78, 5) is 9.99. The molecule has 0 spiro atoms. The van der Waals surface area contributed by atoms with Crippen molar-refractivity contribution in [2.75, 3.05) is 5.32 Å². The lowest BCUT2D eigenvalue weighted by Gasteiger charge is -2.19. The van der Waals surface area contributed by atoms with Crippen molar-refractivity contribution in [3.05, 3.63) is 36.2 Å². The Hall–Kier alpha value is -1.66. The second kappa shape index (κ2) is 3.97. The molecule has 17 heavy (non-hydrogen) atoms. The normalized spacial score (nSPS) is 12.2. The maximum Gasteiger partial charge on any atom is 0.163 e. The number of hydrogen-bond donors (Lipinski definition) is 2. The van der Waals surface area contributed by atoms with Gasteiger partial charge in [0.1, 0.15) is 10.0 Å². The molecule has 0 saturated carbocycles. The van der Waals surface area contributed by atoms with Crippen LogP contribution < -0.4 is 11.1 Å². The van der Waals surface area contributed by atoms with Crippen molar-refractivity contribution in [3.63, 3.8) is 0 Å². The second-order valence-electron chi connectivity index (χ2n) is 3.51. The molecule has 0 saturated heterocycles. The quantitative estimate of drug-likeness (QED) is 0.655. The lowest BCUT2D eigenvalue weighted by Crippen LogP contribution is -2.11. The van der Waals surface area contributed by atoms with Gasteiger partial charge in [-0.25, -0.2) is 9.97 Å². The number of anilines is 2. The lowest BCUT2D eigenvalue weighted by molar-refractivity contribution is 1.05. The van der Waals surface area contributed by atoms with Gasteiger partial charge in [0.25, 0.3) is 0 Å². The molecule has 2 heterocycles. The highest BCUT2D eigenvalue weighted by Gasteiger charge is 2.17. The van der Waals surface area contributed by atoms with Gasteiger partial charge in [0, 0.05) is 22.9 Å². The molecule has 0 atom stereocenters. The smallest absolute Gasteiger partial charge is 0.163 e. The minimum absolute atomic E-state index is 0.393. The molecule has 1 aliphatic rings. The Morgan fingerprint density at radius 1 is 1.29 bits per heavy atom. The standard InChI is InChI=1S/C11H8N4S2/c12-9(16)6-1-2-8-7(5-6)15-10-11(17-8)14-4-3-13-10/h1-5H,(H2,12,16)(H,13,15). The number of thiocarbonyl (C=S) groups is 1. The first-order valence-electron chi connectivity index (χ1n) is 4.94. The molecule has 0 fully saturated rings. The van der Waals surface area contributed by atoms with Gasteiger partial charge in [0.2, 0.25) is 0 Å². The van der Waals surface area contributed by atoms with Crippen LogP contribution in [-0.2, 0) is 0 Å². The monoisotopic (exact) mass is 260 g/mol. The van der Waals surface area contributed by atoms with Crippen LogP contribution in [0.4, 0.5) is 11.5 Å². The van der Waals surface area contributed by atoms with Gasteiger partial charge in [-0.1, -0.05) is 30.0 Å². The first-order valence-corrected chi connectivity index (χ1v) is 6.16. The zero-order chi connectivity index (χ0) is 11.8. The maximum absolute atomic E-state index is 5.61. The fraction of sp³-hybridized carbons (Fsp3) is 0. The zero-order valence-electron chi connectivity index (χ0n) is 8.68. The Bertz CT molecular complexity index is 612. The summed E-state index contributed by atoms with van der Waals surface area (Å²) in [5, 5.41) is 4.10. The third kappa shape index (κ3) is 1.85.